The monoisotopic (exact) mass is 365 g/mol. The number of hydrogen-bond donors (Lipinski definition) is 1. The Morgan fingerprint density at radius 2 is 2.10 bits per heavy atom. The molecule has 9 heteroatoms. The summed E-state index contributed by atoms with van der Waals surface area (Å²) in [7, 11) is 0. The summed E-state index contributed by atoms with van der Waals surface area (Å²) < 4.78 is 2.30. The predicted molar refractivity (Wildman–Crippen MR) is 81.9 cm³/mol. The first kappa shape index (κ1) is 13.9. The van der Waals surface area contributed by atoms with Crippen LogP contribution in [-0.2, 0) is 0 Å². The van der Waals surface area contributed by atoms with Gasteiger partial charge in [0.05, 0.1) is 5.69 Å². The molecule has 0 spiro atoms. The highest BCUT2D eigenvalue weighted by atomic mass is 79.9. The molecule has 0 unspecified atom stereocenters. The predicted octanol–water partition coefficient (Wildman–Crippen LogP) is 2.92. The van der Waals surface area contributed by atoms with Crippen molar-refractivity contribution in [3.05, 3.63) is 46.2 Å². The van der Waals surface area contributed by atoms with E-state index in [1.54, 1.807) is 0 Å². The molecule has 1 aromatic carbocycles. The van der Waals surface area contributed by atoms with E-state index in [-0.39, 0.29) is 5.28 Å². The molecule has 3 rings (SSSR count). The van der Waals surface area contributed by atoms with E-state index in [4.69, 9.17) is 11.6 Å². The van der Waals surface area contributed by atoms with Gasteiger partial charge in [0.15, 0.2) is 0 Å². The first-order chi connectivity index (χ1) is 10.1. The smallest absolute Gasteiger partial charge is 0.258 e. The first-order valence-electron chi connectivity index (χ1n) is 5.91. The number of aryl methyl sites for hydroxylation is 1. The van der Waals surface area contributed by atoms with E-state index in [0.29, 0.717) is 11.9 Å². The van der Waals surface area contributed by atoms with E-state index >= 15 is 0 Å². The molecule has 2 heterocycles. The van der Waals surface area contributed by atoms with Gasteiger partial charge < -0.3 is 5.32 Å². The van der Waals surface area contributed by atoms with Gasteiger partial charge in [0, 0.05) is 4.47 Å². The largest absolute Gasteiger partial charge is 0.323 e. The van der Waals surface area contributed by atoms with Crippen LogP contribution in [0.1, 0.15) is 5.56 Å². The standard InChI is InChI=1S/C12H9BrClN7/c1-7-2-3-8(13)9(4-7)17-11-18-10(14)19-12(20-11)21-6-15-5-16-21/h2-6H,1H3,(H,17,18,19,20). The van der Waals surface area contributed by atoms with Crippen LogP contribution in [0.3, 0.4) is 0 Å². The average Bonchev–Trinajstić information content (AvgIpc) is 2.96. The van der Waals surface area contributed by atoms with Gasteiger partial charge in [-0.1, -0.05) is 6.07 Å². The molecule has 0 aliphatic rings. The van der Waals surface area contributed by atoms with Crippen LogP contribution in [0.25, 0.3) is 5.95 Å². The second-order valence-corrected chi connectivity index (χ2v) is 5.37. The molecule has 1 N–H and O–H groups in total. The van der Waals surface area contributed by atoms with Crippen molar-refractivity contribution in [1.29, 1.82) is 0 Å². The fourth-order valence-corrected chi connectivity index (χ4v) is 2.17. The number of rotatable bonds is 3. The van der Waals surface area contributed by atoms with Gasteiger partial charge in [-0.25, -0.2) is 4.98 Å². The fraction of sp³-hybridized carbons (Fsp3) is 0.0833. The zero-order valence-electron chi connectivity index (χ0n) is 10.8. The summed E-state index contributed by atoms with van der Waals surface area (Å²) in [6.07, 6.45) is 2.87. The van der Waals surface area contributed by atoms with Crippen LogP contribution in [0.4, 0.5) is 11.6 Å². The molecule has 0 amide bonds. The highest BCUT2D eigenvalue weighted by Crippen LogP contribution is 2.26. The van der Waals surface area contributed by atoms with E-state index < -0.39 is 0 Å². The normalized spacial score (nSPS) is 10.6. The summed E-state index contributed by atoms with van der Waals surface area (Å²) in [5.74, 6) is 0.616. The van der Waals surface area contributed by atoms with E-state index in [1.165, 1.54) is 17.3 Å². The summed E-state index contributed by atoms with van der Waals surface area (Å²) in [5.41, 5.74) is 1.94. The van der Waals surface area contributed by atoms with Gasteiger partial charge in [-0.05, 0) is 52.2 Å². The number of hydrogen-bond acceptors (Lipinski definition) is 6. The van der Waals surface area contributed by atoms with Crippen molar-refractivity contribution in [3.63, 3.8) is 0 Å². The van der Waals surface area contributed by atoms with Gasteiger partial charge in [0.2, 0.25) is 11.2 Å². The Balaban J connectivity index is 1.97. The molecule has 0 radical (unpaired) electrons. The first-order valence-corrected chi connectivity index (χ1v) is 7.09. The molecule has 0 fully saturated rings. The lowest BCUT2D eigenvalue weighted by Gasteiger charge is -2.09. The molecule has 0 aliphatic carbocycles. The molecule has 2 aromatic heterocycles. The maximum Gasteiger partial charge on any atom is 0.258 e. The molecule has 0 bridgehead atoms. The lowest BCUT2D eigenvalue weighted by Crippen LogP contribution is -2.07. The van der Waals surface area contributed by atoms with Crippen LogP contribution >= 0.6 is 27.5 Å². The fourth-order valence-electron chi connectivity index (χ4n) is 1.66. The SMILES string of the molecule is Cc1ccc(Br)c(Nc2nc(Cl)nc(-n3cncn3)n2)c1. The van der Waals surface area contributed by atoms with E-state index in [2.05, 4.69) is 46.3 Å². The zero-order valence-corrected chi connectivity index (χ0v) is 13.2. The lowest BCUT2D eigenvalue weighted by molar-refractivity contribution is 0.796. The number of aromatic nitrogens is 6. The Bertz CT molecular complexity index is 775. The van der Waals surface area contributed by atoms with Crippen LogP contribution in [0.2, 0.25) is 5.28 Å². The zero-order chi connectivity index (χ0) is 14.8. The minimum Gasteiger partial charge on any atom is -0.323 e. The van der Waals surface area contributed by atoms with Crippen molar-refractivity contribution in [2.75, 3.05) is 5.32 Å². The summed E-state index contributed by atoms with van der Waals surface area (Å²) in [6.45, 7) is 2.00. The van der Waals surface area contributed by atoms with Crippen LogP contribution < -0.4 is 5.32 Å². The summed E-state index contributed by atoms with van der Waals surface area (Å²) in [6, 6.07) is 5.91. The highest BCUT2D eigenvalue weighted by Gasteiger charge is 2.09. The van der Waals surface area contributed by atoms with Gasteiger partial charge in [0.25, 0.3) is 5.95 Å². The van der Waals surface area contributed by atoms with Crippen molar-refractivity contribution in [3.8, 4) is 5.95 Å². The van der Waals surface area contributed by atoms with Gasteiger partial charge >= 0.3 is 0 Å². The average molecular weight is 367 g/mol. The Kier molecular flexibility index (Phi) is 3.80. The molecule has 3 aromatic rings. The summed E-state index contributed by atoms with van der Waals surface area (Å²) in [5, 5.41) is 7.14. The van der Waals surface area contributed by atoms with Crippen LogP contribution in [0, 0.1) is 6.92 Å². The molecule has 21 heavy (non-hydrogen) atoms. The Morgan fingerprint density at radius 1 is 1.24 bits per heavy atom. The van der Waals surface area contributed by atoms with Crippen molar-refractivity contribution in [1.82, 2.24) is 29.7 Å². The van der Waals surface area contributed by atoms with Crippen molar-refractivity contribution < 1.29 is 0 Å². The lowest BCUT2D eigenvalue weighted by atomic mass is 10.2. The third-order valence-electron chi connectivity index (χ3n) is 2.59. The highest BCUT2D eigenvalue weighted by molar-refractivity contribution is 9.10. The van der Waals surface area contributed by atoms with Crippen LogP contribution in [0.5, 0.6) is 0 Å². The second kappa shape index (κ2) is 5.74. The number of halogens is 2. The minimum atomic E-state index is 0.0711. The third-order valence-corrected chi connectivity index (χ3v) is 3.45. The number of anilines is 2. The van der Waals surface area contributed by atoms with Crippen LogP contribution in [0.15, 0.2) is 35.3 Å². The topological polar surface area (TPSA) is 81.4 Å². The van der Waals surface area contributed by atoms with Crippen LogP contribution in [-0.4, -0.2) is 29.7 Å². The number of nitrogens with zero attached hydrogens (tertiary/aromatic N) is 6. The number of nitrogens with one attached hydrogen (secondary N) is 1. The van der Waals surface area contributed by atoms with Crippen molar-refractivity contribution in [2.45, 2.75) is 6.92 Å². The van der Waals surface area contributed by atoms with Crippen molar-refractivity contribution in [2.24, 2.45) is 0 Å². The van der Waals surface area contributed by atoms with Gasteiger partial charge in [0.1, 0.15) is 12.7 Å². The molecule has 7 nitrogen and oxygen atoms in total. The molecular formula is C12H9BrClN7. The minimum absolute atomic E-state index is 0.0711. The quantitative estimate of drug-likeness (QED) is 0.767. The molecule has 0 saturated heterocycles. The Labute approximate surface area is 133 Å². The van der Waals surface area contributed by atoms with Crippen molar-refractivity contribution >= 4 is 39.2 Å². The maximum absolute atomic E-state index is 5.93. The maximum atomic E-state index is 5.93. The Hall–Kier alpha value is -2.06. The molecule has 106 valence electrons. The summed E-state index contributed by atoms with van der Waals surface area (Å²) in [4.78, 5) is 16.2. The van der Waals surface area contributed by atoms with E-state index in [0.717, 1.165) is 15.7 Å². The van der Waals surface area contributed by atoms with E-state index in [1.807, 2.05) is 25.1 Å². The Morgan fingerprint density at radius 3 is 2.86 bits per heavy atom. The van der Waals surface area contributed by atoms with Gasteiger partial charge in [-0.3, -0.25) is 0 Å². The molecule has 0 saturated carbocycles. The van der Waals surface area contributed by atoms with E-state index in [9.17, 15) is 0 Å². The second-order valence-electron chi connectivity index (χ2n) is 4.18. The molecule has 0 aliphatic heterocycles. The number of benzene rings is 1. The van der Waals surface area contributed by atoms with Gasteiger partial charge in [-0.15, -0.1) is 0 Å². The summed E-state index contributed by atoms with van der Waals surface area (Å²) >= 11 is 9.40. The van der Waals surface area contributed by atoms with Gasteiger partial charge in [-0.2, -0.15) is 24.7 Å². The molecular weight excluding hydrogens is 358 g/mol. The molecule has 0 atom stereocenters. The third kappa shape index (κ3) is 3.17.